The standard InChI is InChI=1S/C23H23Cl2N3O3.C8H19N.C2H6/c1-2-3-20-13-21(17-10-18(24)12-19(25)11-17)27-28(20)14-15-4-6-16(7-5-15)23(31)26-9-8-22(29)30;1-5-6-9-7-8(2,3)4;1-2/h4-7,10-13H,2-3,8-9,14H2,1H3,(H,26,31)(H,29,30);9H,5-7H2,1-4H3;1-2H3. The zero-order valence-corrected chi connectivity index (χ0v) is 27.7. The first-order valence-corrected chi connectivity index (χ1v) is 15.5. The smallest absolute Gasteiger partial charge is 0.305 e. The van der Waals surface area contributed by atoms with Crippen molar-refractivity contribution in [1.82, 2.24) is 20.4 Å². The van der Waals surface area contributed by atoms with Gasteiger partial charge in [-0.3, -0.25) is 14.3 Å². The Hall–Kier alpha value is -2.87. The Balaban J connectivity index is 0.000000686. The van der Waals surface area contributed by atoms with E-state index in [4.69, 9.17) is 33.4 Å². The van der Waals surface area contributed by atoms with E-state index in [2.05, 4.69) is 51.3 Å². The third-order valence-electron chi connectivity index (χ3n) is 5.78. The van der Waals surface area contributed by atoms with Gasteiger partial charge in [0.15, 0.2) is 0 Å². The third-order valence-corrected chi connectivity index (χ3v) is 6.22. The van der Waals surface area contributed by atoms with Gasteiger partial charge < -0.3 is 15.7 Å². The second-order valence-corrected chi connectivity index (χ2v) is 11.8. The number of carbonyl (C=O) groups is 2. The van der Waals surface area contributed by atoms with Gasteiger partial charge in [-0.2, -0.15) is 5.10 Å². The van der Waals surface area contributed by atoms with E-state index in [0.29, 0.717) is 27.6 Å². The van der Waals surface area contributed by atoms with E-state index in [0.717, 1.165) is 48.4 Å². The Kier molecular flexibility index (Phi) is 17.1. The minimum absolute atomic E-state index is 0.0971. The number of nitrogens with one attached hydrogen (secondary N) is 2. The van der Waals surface area contributed by atoms with Crippen LogP contribution < -0.4 is 10.6 Å². The number of hydrogen-bond donors (Lipinski definition) is 3. The molecule has 0 spiro atoms. The summed E-state index contributed by atoms with van der Waals surface area (Å²) in [6.45, 7) is 18.0. The van der Waals surface area contributed by atoms with Crippen molar-refractivity contribution in [3.8, 4) is 11.3 Å². The Labute approximate surface area is 262 Å². The lowest BCUT2D eigenvalue weighted by molar-refractivity contribution is -0.136. The second kappa shape index (κ2) is 19.3. The summed E-state index contributed by atoms with van der Waals surface area (Å²) in [5, 5.41) is 20.5. The molecule has 42 heavy (non-hydrogen) atoms. The molecule has 1 aromatic heterocycles. The molecule has 0 bridgehead atoms. The van der Waals surface area contributed by atoms with Crippen molar-refractivity contribution in [2.45, 2.75) is 80.7 Å². The van der Waals surface area contributed by atoms with Gasteiger partial charge in [-0.1, -0.05) is 90.2 Å². The minimum atomic E-state index is -0.947. The molecular weight excluding hydrogens is 571 g/mol. The monoisotopic (exact) mass is 618 g/mol. The van der Waals surface area contributed by atoms with Gasteiger partial charge in [0.2, 0.25) is 0 Å². The Bertz CT molecular complexity index is 1210. The molecule has 2 aromatic carbocycles. The molecule has 9 heteroatoms. The van der Waals surface area contributed by atoms with Crippen LogP contribution in [0.2, 0.25) is 10.0 Å². The quantitative estimate of drug-likeness (QED) is 0.178. The molecule has 0 unspecified atom stereocenters. The normalized spacial score (nSPS) is 10.7. The van der Waals surface area contributed by atoms with E-state index in [1.165, 1.54) is 6.42 Å². The van der Waals surface area contributed by atoms with Crippen molar-refractivity contribution in [3.63, 3.8) is 0 Å². The molecule has 1 heterocycles. The summed E-state index contributed by atoms with van der Waals surface area (Å²) in [4.78, 5) is 22.7. The molecule has 0 aliphatic rings. The number of rotatable bonds is 12. The van der Waals surface area contributed by atoms with Crippen molar-refractivity contribution in [3.05, 3.63) is 75.4 Å². The van der Waals surface area contributed by atoms with Crippen LogP contribution in [0.4, 0.5) is 0 Å². The fraction of sp³-hybridized carbons (Fsp3) is 0.485. The van der Waals surface area contributed by atoms with E-state index in [-0.39, 0.29) is 18.9 Å². The van der Waals surface area contributed by atoms with Crippen LogP contribution in [0.1, 0.15) is 89.3 Å². The number of halogens is 2. The zero-order chi connectivity index (χ0) is 31.7. The Morgan fingerprint density at radius 3 is 2.07 bits per heavy atom. The fourth-order valence-electron chi connectivity index (χ4n) is 3.85. The molecule has 3 aromatic rings. The number of aryl methyl sites for hydroxylation is 1. The third kappa shape index (κ3) is 14.3. The number of amides is 1. The molecule has 7 nitrogen and oxygen atoms in total. The van der Waals surface area contributed by atoms with E-state index in [1.54, 1.807) is 18.2 Å². The summed E-state index contributed by atoms with van der Waals surface area (Å²) in [5.74, 6) is -1.24. The molecule has 0 saturated heterocycles. The molecular formula is C33H48Cl2N4O3. The van der Waals surface area contributed by atoms with Crippen molar-refractivity contribution in [2.75, 3.05) is 19.6 Å². The van der Waals surface area contributed by atoms with Crippen LogP contribution in [0.25, 0.3) is 11.3 Å². The highest BCUT2D eigenvalue weighted by Gasteiger charge is 2.12. The lowest BCUT2D eigenvalue weighted by atomic mass is 9.97. The number of aromatic nitrogens is 2. The summed E-state index contributed by atoms with van der Waals surface area (Å²) >= 11 is 12.3. The lowest BCUT2D eigenvalue weighted by Crippen LogP contribution is -2.27. The first-order valence-electron chi connectivity index (χ1n) is 14.7. The summed E-state index contributed by atoms with van der Waals surface area (Å²) in [6.07, 6.45) is 2.99. The molecule has 3 N–H and O–H groups in total. The topological polar surface area (TPSA) is 96.3 Å². The van der Waals surface area contributed by atoms with E-state index in [9.17, 15) is 9.59 Å². The van der Waals surface area contributed by atoms with E-state index in [1.807, 2.05) is 42.8 Å². The molecule has 0 radical (unpaired) electrons. The number of aliphatic carboxylic acids is 1. The van der Waals surface area contributed by atoms with Gasteiger partial charge in [0.1, 0.15) is 0 Å². The Morgan fingerprint density at radius 1 is 0.929 bits per heavy atom. The van der Waals surface area contributed by atoms with Gasteiger partial charge in [-0.15, -0.1) is 0 Å². The maximum Gasteiger partial charge on any atom is 0.305 e. The maximum atomic E-state index is 12.1. The van der Waals surface area contributed by atoms with Crippen LogP contribution in [-0.4, -0.2) is 46.4 Å². The number of carboxylic acids is 1. The summed E-state index contributed by atoms with van der Waals surface area (Å²) in [5.41, 5.74) is 4.69. The van der Waals surface area contributed by atoms with Crippen molar-refractivity contribution in [1.29, 1.82) is 0 Å². The van der Waals surface area contributed by atoms with Crippen LogP contribution in [0.5, 0.6) is 0 Å². The molecule has 232 valence electrons. The molecule has 1 amide bonds. The van der Waals surface area contributed by atoms with Crippen LogP contribution in [0, 0.1) is 5.41 Å². The number of carboxylic acid groups (broad SMARTS) is 1. The van der Waals surface area contributed by atoms with Gasteiger partial charge in [-0.05, 0) is 73.3 Å². The van der Waals surface area contributed by atoms with Gasteiger partial charge >= 0.3 is 5.97 Å². The average Bonchev–Trinajstić information content (AvgIpc) is 3.32. The maximum absolute atomic E-state index is 12.1. The van der Waals surface area contributed by atoms with Gasteiger partial charge in [0.25, 0.3) is 5.91 Å². The van der Waals surface area contributed by atoms with Crippen molar-refractivity contribution in [2.24, 2.45) is 5.41 Å². The molecule has 0 saturated carbocycles. The largest absolute Gasteiger partial charge is 0.481 e. The number of benzene rings is 2. The highest BCUT2D eigenvalue weighted by Crippen LogP contribution is 2.27. The molecule has 3 rings (SSSR count). The predicted octanol–water partition coefficient (Wildman–Crippen LogP) is 8.12. The first kappa shape index (κ1) is 37.2. The number of carbonyl (C=O) groups excluding carboxylic acids is 1. The highest BCUT2D eigenvalue weighted by molar-refractivity contribution is 6.35. The molecule has 0 fully saturated rings. The zero-order valence-electron chi connectivity index (χ0n) is 26.2. The number of nitrogens with zero attached hydrogens (tertiary/aromatic N) is 2. The van der Waals surface area contributed by atoms with Crippen LogP contribution in [-0.2, 0) is 17.8 Å². The molecule has 0 atom stereocenters. The fourth-order valence-corrected chi connectivity index (χ4v) is 4.38. The van der Waals surface area contributed by atoms with Crippen LogP contribution in [0.3, 0.4) is 0 Å². The lowest BCUT2D eigenvalue weighted by Gasteiger charge is -2.18. The van der Waals surface area contributed by atoms with Gasteiger partial charge in [0, 0.05) is 33.4 Å². The van der Waals surface area contributed by atoms with Crippen LogP contribution >= 0.6 is 23.2 Å². The van der Waals surface area contributed by atoms with Crippen molar-refractivity contribution >= 4 is 35.1 Å². The average molecular weight is 620 g/mol. The first-order chi connectivity index (χ1) is 19.9. The summed E-state index contributed by atoms with van der Waals surface area (Å²) < 4.78 is 1.95. The molecule has 0 aliphatic heterocycles. The summed E-state index contributed by atoms with van der Waals surface area (Å²) in [7, 11) is 0. The SMILES string of the molecule is CC.CCCNCC(C)(C)C.CCCc1cc(-c2cc(Cl)cc(Cl)c2)nn1Cc1ccc(C(=O)NCCC(=O)O)cc1. The van der Waals surface area contributed by atoms with E-state index >= 15 is 0 Å². The number of hydrogen-bond acceptors (Lipinski definition) is 4. The second-order valence-electron chi connectivity index (χ2n) is 10.9. The minimum Gasteiger partial charge on any atom is -0.481 e. The van der Waals surface area contributed by atoms with Gasteiger partial charge in [0.05, 0.1) is 18.7 Å². The van der Waals surface area contributed by atoms with Crippen LogP contribution in [0.15, 0.2) is 48.5 Å². The Morgan fingerprint density at radius 2 is 1.55 bits per heavy atom. The summed E-state index contributed by atoms with van der Waals surface area (Å²) in [6, 6.07) is 14.6. The molecule has 0 aliphatic carbocycles. The van der Waals surface area contributed by atoms with E-state index < -0.39 is 5.97 Å². The van der Waals surface area contributed by atoms with Crippen molar-refractivity contribution < 1.29 is 14.7 Å². The highest BCUT2D eigenvalue weighted by atomic mass is 35.5. The predicted molar refractivity (Wildman–Crippen MR) is 176 cm³/mol. The van der Waals surface area contributed by atoms with Gasteiger partial charge in [-0.25, -0.2) is 0 Å².